The van der Waals surface area contributed by atoms with Crippen molar-refractivity contribution < 1.29 is 32.6 Å². The average Bonchev–Trinajstić information content (AvgIpc) is 3.45. The first kappa shape index (κ1) is 35.7. The monoisotopic (exact) mass is 715 g/mol. The second-order valence-corrected chi connectivity index (χ2v) is 13.9. The Hall–Kier alpha value is -4.14. The maximum atomic E-state index is 14.9. The van der Waals surface area contributed by atoms with Crippen LogP contribution >= 0.6 is 11.6 Å². The number of nitrogens with one attached hydrogen (secondary N) is 1. The quantitative estimate of drug-likeness (QED) is 0.283. The fourth-order valence-electron chi connectivity index (χ4n) is 7.57. The summed E-state index contributed by atoms with van der Waals surface area (Å²) in [5.74, 6) is -1.34. The Balaban J connectivity index is 1.26. The van der Waals surface area contributed by atoms with Gasteiger partial charge in [-0.05, 0) is 73.5 Å². The molecule has 3 aliphatic rings. The number of carboxylic acid groups (broad SMARTS) is 1. The number of alkyl halides is 3. The minimum Gasteiger partial charge on any atom is -0.480 e. The molecule has 1 spiro atoms. The van der Waals surface area contributed by atoms with Gasteiger partial charge in [0.1, 0.15) is 11.9 Å². The topological polar surface area (TPSA) is 137 Å². The lowest BCUT2D eigenvalue weighted by Gasteiger charge is -2.43. The van der Waals surface area contributed by atoms with Gasteiger partial charge in [0.25, 0.3) is 5.91 Å². The van der Waals surface area contributed by atoms with Gasteiger partial charge in [0.05, 0.1) is 0 Å². The molecule has 2 unspecified atom stereocenters. The van der Waals surface area contributed by atoms with E-state index in [0.29, 0.717) is 62.4 Å². The Morgan fingerprint density at radius 1 is 1.08 bits per heavy atom. The van der Waals surface area contributed by atoms with E-state index in [0.717, 1.165) is 19.5 Å². The van der Waals surface area contributed by atoms with Crippen LogP contribution in [0.25, 0.3) is 11.1 Å². The summed E-state index contributed by atoms with van der Waals surface area (Å²) in [6.07, 6.45) is -4.68. The van der Waals surface area contributed by atoms with Gasteiger partial charge in [-0.15, -0.1) is 0 Å². The molecule has 3 atom stereocenters. The summed E-state index contributed by atoms with van der Waals surface area (Å²) in [4.78, 5) is 39.1. The smallest absolute Gasteiger partial charge is 0.429 e. The number of carbonyl (C=O) groups is 2. The van der Waals surface area contributed by atoms with Gasteiger partial charge < -0.3 is 35.6 Å². The van der Waals surface area contributed by atoms with Crippen LogP contribution in [0.2, 0.25) is 5.02 Å². The number of carbonyl (C=O) groups excluding carboxylic acids is 1. The molecule has 0 aliphatic carbocycles. The molecule has 3 fully saturated rings. The Labute approximate surface area is 293 Å². The number of ether oxygens (including phenoxy) is 1. The summed E-state index contributed by atoms with van der Waals surface area (Å²) in [6.45, 7) is 5.60. The highest BCUT2D eigenvalue weighted by Crippen LogP contribution is 2.46. The largest absolute Gasteiger partial charge is 0.480 e. The van der Waals surface area contributed by atoms with Gasteiger partial charge >= 0.3 is 12.1 Å². The summed E-state index contributed by atoms with van der Waals surface area (Å²) in [5.41, 5.74) is 6.49. The number of likely N-dealkylation sites (N-methyl/N-ethyl adjacent to an activating group) is 1. The molecular formula is C35H41ClF3N7O4. The number of nitrogens with zero attached hydrogens (tertiary/aromatic N) is 5. The standard InChI is InChI=1S/C35H41ClF3N7O4/c1-3-27-34(20-26(41-27)32(48)49)9-11-45(12-10-34)28-19-29(43-33(40)42-28)50-30(35(37,38)39)24-8-7-23(36)18-25(24)21-5-4-6-22(17-21)31(47)46-15-13-44(2)14-16-46/h4-8,17-19,26-27,30,41H,3,9-16,20H2,1-2H3,(H,48,49)(H2,40,42,43)/t26?,27?,30-/m1/s1. The molecule has 4 N–H and O–H groups in total. The lowest BCUT2D eigenvalue weighted by molar-refractivity contribution is -0.198. The molecular weight excluding hydrogens is 675 g/mol. The van der Waals surface area contributed by atoms with E-state index in [-0.39, 0.29) is 45.3 Å². The third-order valence-corrected chi connectivity index (χ3v) is 10.5. The number of halogens is 4. The van der Waals surface area contributed by atoms with Crippen molar-refractivity contribution >= 4 is 35.2 Å². The molecule has 4 heterocycles. The fourth-order valence-corrected chi connectivity index (χ4v) is 7.74. The molecule has 268 valence electrons. The first-order chi connectivity index (χ1) is 23.8. The summed E-state index contributed by atoms with van der Waals surface area (Å²) in [5, 5.41) is 13.1. The van der Waals surface area contributed by atoms with Crippen LogP contribution in [-0.2, 0) is 4.79 Å². The van der Waals surface area contributed by atoms with E-state index in [1.807, 2.05) is 18.9 Å². The van der Waals surface area contributed by atoms with Crippen molar-refractivity contribution in [1.29, 1.82) is 0 Å². The van der Waals surface area contributed by atoms with Crippen molar-refractivity contribution in [3.05, 3.63) is 64.7 Å². The normalized spacial score (nSPS) is 21.7. The van der Waals surface area contributed by atoms with Crippen molar-refractivity contribution in [2.75, 3.05) is 56.9 Å². The Bertz CT molecular complexity index is 1730. The molecule has 11 nitrogen and oxygen atoms in total. The van der Waals surface area contributed by atoms with Gasteiger partial charge in [-0.3, -0.25) is 9.59 Å². The van der Waals surface area contributed by atoms with Gasteiger partial charge in [-0.25, -0.2) is 0 Å². The second kappa shape index (κ2) is 14.2. The number of piperazine rings is 1. The van der Waals surface area contributed by atoms with E-state index in [1.165, 1.54) is 24.3 Å². The van der Waals surface area contributed by atoms with Crippen LogP contribution in [0.4, 0.5) is 24.9 Å². The van der Waals surface area contributed by atoms with Gasteiger partial charge in [-0.2, -0.15) is 23.1 Å². The number of benzene rings is 2. The molecule has 0 saturated carbocycles. The zero-order valence-corrected chi connectivity index (χ0v) is 28.7. The Kier molecular flexibility index (Phi) is 10.2. The van der Waals surface area contributed by atoms with Crippen molar-refractivity contribution in [2.45, 2.75) is 57.0 Å². The van der Waals surface area contributed by atoms with Crippen molar-refractivity contribution in [1.82, 2.24) is 25.1 Å². The molecule has 15 heteroatoms. The molecule has 2 aromatic carbocycles. The van der Waals surface area contributed by atoms with E-state index >= 15 is 0 Å². The summed E-state index contributed by atoms with van der Waals surface area (Å²) in [7, 11) is 1.98. The van der Waals surface area contributed by atoms with Gasteiger partial charge in [-0.1, -0.05) is 36.7 Å². The predicted octanol–water partition coefficient (Wildman–Crippen LogP) is 5.26. The minimum absolute atomic E-state index is 0.0480. The van der Waals surface area contributed by atoms with Crippen LogP contribution in [0.15, 0.2) is 48.5 Å². The maximum Gasteiger partial charge on any atom is 0.429 e. The Morgan fingerprint density at radius 3 is 2.46 bits per heavy atom. The average molecular weight is 716 g/mol. The highest BCUT2D eigenvalue weighted by Gasteiger charge is 2.50. The molecule has 0 bridgehead atoms. The summed E-state index contributed by atoms with van der Waals surface area (Å²) in [6, 6.07) is 11.3. The number of hydrogen-bond acceptors (Lipinski definition) is 9. The van der Waals surface area contributed by atoms with Crippen LogP contribution in [0.3, 0.4) is 0 Å². The van der Waals surface area contributed by atoms with E-state index in [9.17, 15) is 27.9 Å². The highest BCUT2D eigenvalue weighted by atomic mass is 35.5. The maximum absolute atomic E-state index is 14.9. The van der Waals surface area contributed by atoms with Crippen molar-refractivity contribution in [3.63, 3.8) is 0 Å². The molecule has 1 amide bonds. The Morgan fingerprint density at radius 2 is 1.80 bits per heavy atom. The van der Waals surface area contributed by atoms with E-state index < -0.39 is 24.3 Å². The SMILES string of the molecule is CCC1NC(C(=O)O)CC12CCN(c1cc(O[C@H](c3ccc(Cl)cc3-c3cccc(C(=O)N4CCN(C)CC4)c3)C(F)(F)F)nc(N)n1)CC2. The molecule has 1 aromatic heterocycles. The van der Waals surface area contributed by atoms with E-state index in [4.69, 9.17) is 22.1 Å². The number of anilines is 2. The molecule has 3 aromatic rings. The van der Waals surface area contributed by atoms with Crippen LogP contribution in [0.5, 0.6) is 5.88 Å². The number of nitrogen functional groups attached to an aromatic ring is 1. The molecule has 3 saturated heterocycles. The van der Waals surface area contributed by atoms with Gasteiger partial charge in [0.2, 0.25) is 17.9 Å². The van der Waals surface area contributed by atoms with Crippen LogP contribution in [0.1, 0.15) is 54.6 Å². The highest BCUT2D eigenvalue weighted by molar-refractivity contribution is 6.30. The first-order valence-corrected chi connectivity index (χ1v) is 17.1. The third kappa shape index (κ3) is 7.47. The van der Waals surface area contributed by atoms with Crippen LogP contribution < -0.4 is 20.7 Å². The van der Waals surface area contributed by atoms with E-state index in [2.05, 4.69) is 20.2 Å². The van der Waals surface area contributed by atoms with Gasteiger partial charge in [0.15, 0.2) is 0 Å². The number of carboxylic acids is 1. The van der Waals surface area contributed by atoms with Crippen molar-refractivity contribution in [2.24, 2.45) is 5.41 Å². The minimum atomic E-state index is -4.88. The van der Waals surface area contributed by atoms with Crippen LogP contribution in [0, 0.1) is 5.41 Å². The summed E-state index contributed by atoms with van der Waals surface area (Å²) >= 11 is 6.32. The second-order valence-electron chi connectivity index (χ2n) is 13.4. The fraction of sp³-hybridized carbons (Fsp3) is 0.486. The number of aromatic nitrogens is 2. The molecule has 6 rings (SSSR count). The molecule has 50 heavy (non-hydrogen) atoms. The zero-order chi connectivity index (χ0) is 35.8. The number of amides is 1. The van der Waals surface area contributed by atoms with E-state index in [1.54, 1.807) is 29.2 Å². The van der Waals surface area contributed by atoms with Crippen LogP contribution in [-0.4, -0.2) is 101 Å². The molecule has 0 radical (unpaired) electrons. The number of aliphatic carboxylic acids is 1. The zero-order valence-electron chi connectivity index (χ0n) is 27.9. The summed E-state index contributed by atoms with van der Waals surface area (Å²) < 4.78 is 50.3. The predicted molar refractivity (Wildman–Crippen MR) is 183 cm³/mol. The third-order valence-electron chi connectivity index (χ3n) is 10.3. The number of nitrogens with two attached hydrogens (primary N) is 1. The lowest BCUT2D eigenvalue weighted by atomic mass is 9.71. The number of hydrogen-bond donors (Lipinski definition) is 3. The first-order valence-electron chi connectivity index (χ1n) is 16.8. The lowest BCUT2D eigenvalue weighted by Crippen LogP contribution is -2.47. The van der Waals surface area contributed by atoms with Gasteiger partial charge in [0, 0.05) is 67.5 Å². The number of rotatable bonds is 8. The van der Waals surface area contributed by atoms with Crippen molar-refractivity contribution in [3.8, 4) is 17.0 Å². The number of piperidine rings is 1. The molecule has 3 aliphatic heterocycles.